The van der Waals surface area contributed by atoms with Gasteiger partial charge in [-0.2, -0.15) is 0 Å². The van der Waals surface area contributed by atoms with Crippen LogP contribution in [0, 0.1) is 96.9 Å². The second-order valence-electron chi connectivity index (χ2n) is 30.0. The fourth-order valence-corrected chi connectivity index (χ4v) is 20.6. The van der Waals surface area contributed by atoms with E-state index in [9.17, 15) is 0 Å². The summed E-state index contributed by atoms with van der Waals surface area (Å²) in [7, 11) is 0. The average Bonchev–Trinajstić information content (AvgIpc) is 0.660. The lowest BCUT2D eigenvalue weighted by Crippen LogP contribution is -2.72. The van der Waals surface area contributed by atoms with Crippen LogP contribution in [0.1, 0.15) is 77.9 Å². The summed E-state index contributed by atoms with van der Waals surface area (Å²) in [6.45, 7) is 31.6. The summed E-state index contributed by atoms with van der Waals surface area (Å²) in [6.07, 6.45) is 0. The number of aryl methyl sites for hydroxylation is 14. The molecule has 13 aromatic carbocycles. The molecule has 0 saturated carbocycles. The number of hydrogen-bond acceptors (Lipinski definition) is 6. The lowest BCUT2D eigenvalue weighted by Gasteiger charge is -2.52. The molecule has 6 aliphatic rings. The van der Waals surface area contributed by atoms with Gasteiger partial charge in [0.05, 0.1) is 0 Å². The summed E-state index contributed by atoms with van der Waals surface area (Å²) in [6, 6.07) is 84.2. The summed E-state index contributed by atoms with van der Waals surface area (Å²) >= 11 is 3.92. The molecule has 101 heavy (non-hydrogen) atoms. The lowest BCUT2D eigenvalue weighted by molar-refractivity contribution is 1.17. The Morgan fingerprint density at radius 2 is 0.584 bits per heavy atom. The maximum absolute atomic E-state index is 2.79. The highest BCUT2D eigenvalue weighted by Crippen LogP contribution is 2.54. The average molecular weight is 1340 g/mol. The van der Waals surface area contributed by atoms with Crippen molar-refractivity contribution in [3.8, 4) is 22.3 Å². The number of hydrogen-bond donors (Lipinski definition) is 0. The van der Waals surface area contributed by atoms with E-state index >= 15 is 0 Å². The standard InChI is InChI=1S/C92H77B3N4S2/c1-50-25-29-72-84(33-50)100-86-47-68(96(76-39-56(7)52(3)35-60(76)11)77-40-57(8)53(4)36-61(77)12)45-82-88(86)94(72)74-49-75-92-90-91(74)98(82)80-43-66(64-21-17-15-18-22-64)27-31-70(80)93(90)71-32-28-67(65-23-19-16-20-24-65)44-81(71)99(92)83-46-69(48-87-89(83)95(75)73-30-26-51(2)34-85(73)101-87)97(78-41-58(9)54(5)37-62(78)13)79-42-59(10)55(6)38-63(79)14/h15-49H,1-14H3. The van der Waals surface area contributed by atoms with Crippen molar-refractivity contribution >= 4 is 161 Å². The molecule has 0 unspecified atom stereocenters. The van der Waals surface area contributed by atoms with Crippen LogP contribution in [0.25, 0.3) is 22.3 Å². The molecule has 6 aliphatic heterocycles. The topological polar surface area (TPSA) is 13.0 Å². The van der Waals surface area contributed by atoms with Gasteiger partial charge in [0.1, 0.15) is 0 Å². The Morgan fingerprint density at radius 1 is 0.248 bits per heavy atom. The third kappa shape index (κ3) is 9.27. The van der Waals surface area contributed by atoms with Crippen LogP contribution in [0.2, 0.25) is 0 Å². The molecule has 0 aromatic heterocycles. The van der Waals surface area contributed by atoms with E-state index in [1.54, 1.807) is 0 Å². The second kappa shape index (κ2) is 22.7. The first-order valence-electron chi connectivity index (χ1n) is 35.9. The van der Waals surface area contributed by atoms with Gasteiger partial charge in [-0.15, -0.1) is 0 Å². The molecule has 0 amide bonds. The predicted octanol–water partition coefficient (Wildman–Crippen LogP) is 18.9. The third-order valence-corrected chi connectivity index (χ3v) is 25.8. The minimum absolute atomic E-state index is 0.0802. The van der Waals surface area contributed by atoms with Crippen molar-refractivity contribution in [2.45, 2.75) is 117 Å². The van der Waals surface area contributed by atoms with Crippen molar-refractivity contribution in [3.05, 3.63) is 290 Å². The Labute approximate surface area is 605 Å². The summed E-state index contributed by atoms with van der Waals surface area (Å²) in [5.74, 6) is 0. The highest BCUT2D eigenvalue weighted by atomic mass is 32.2. The van der Waals surface area contributed by atoms with Gasteiger partial charge >= 0.3 is 0 Å². The zero-order valence-electron chi connectivity index (χ0n) is 60.0. The van der Waals surface area contributed by atoms with Crippen LogP contribution in [0.15, 0.2) is 232 Å². The lowest BCUT2D eigenvalue weighted by atomic mass is 9.26. The number of anilines is 12. The number of rotatable bonds is 8. The van der Waals surface area contributed by atoms with Crippen LogP contribution in [-0.4, -0.2) is 20.1 Å². The molecule has 0 bridgehead atoms. The third-order valence-electron chi connectivity index (χ3n) is 23.5. The first-order chi connectivity index (χ1) is 48.8. The number of benzene rings is 13. The zero-order chi connectivity index (χ0) is 69.0. The maximum Gasteiger partial charge on any atom is 0.252 e. The molecule has 0 saturated heterocycles. The predicted molar refractivity (Wildman–Crippen MR) is 437 cm³/mol. The minimum Gasteiger partial charge on any atom is -0.312 e. The van der Waals surface area contributed by atoms with Gasteiger partial charge in [-0.05, 0) is 297 Å². The molecule has 13 aromatic rings. The van der Waals surface area contributed by atoms with Gasteiger partial charge in [0, 0.05) is 87.8 Å². The van der Waals surface area contributed by atoms with Gasteiger partial charge in [-0.25, -0.2) is 0 Å². The van der Waals surface area contributed by atoms with E-state index in [1.165, 1.54) is 226 Å². The highest BCUT2D eigenvalue weighted by Gasteiger charge is 2.55. The molecular weight excluding hydrogens is 1260 g/mol. The van der Waals surface area contributed by atoms with Crippen molar-refractivity contribution in [2.24, 2.45) is 0 Å². The Kier molecular flexibility index (Phi) is 14.0. The Bertz CT molecular complexity index is 5370. The van der Waals surface area contributed by atoms with Crippen LogP contribution in [-0.2, 0) is 0 Å². The van der Waals surface area contributed by atoms with Gasteiger partial charge in [0.25, 0.3) is 6.71 Å². The molecule has 0 spiro atoms. The van der Waals surface area contributed by atoms with Gasteiger partial charge in [0.2, 0.25) is 13.4 Å². The monoisotopic (exact) mass is 1330 g/mol. The Hall–Kier alpha value is -10.0. The van der Waals surface area contributed by atoms with E-state index in [0.717, 1.165) is 11.4 Å². The molecule has 19 rings (SSSR count). The molecule has 4 nitrogen and oxygen atoms in total. The van der Waals surface area contributed by atoms with Crippen LogP contribution >= 0.6 is 23.5 Å². The summed E-state index contributed by atoms with van der Waals surface area (Å²) in [4.78, 5) is 16.0. The van der Waals surface area contributed by atoms with Gasteiger partial charge in [0.15, 0.2) is 0 Å². The molecule has 0 fully saturated rings. The molecular formula is C92H77B3N4S2. The number of nitrogens with zero attached hydrogens (tertiary/aromatic N) is 4. The fourth-order valence-electron chi connectivity index (χ4n) is 18.0. The Morgan fingerprint density at radius 3 is 0.950 bits per heavy atom. The molecule has 0 atom stereocenters. The van der Waals surface area contributed by atoms with Crippen LogP contribution in [0.5, 0.6) is 0 Å². The van der Waals surface area contributed by atoms with E-state index < -0.39 is 0 Å². The van der Waals surface area contributed by atoms with Gasteiger partial charge in [-0.3, -0.25) is 0 Å². The van der Waals surface area contributed by atoms with Crippen molar-refractivity contribution in [2.75, 3.05) is 19.6 Å². The summed E-state index contributed by atoms with van der Waals surface area (Å²) in [5, 5.41) is 0. The number of fused-ring (bicyclic) bond motifs is 14. The van der Waals surface area contributed by atoms with E-state index in [1.807, 2.05) is 23.5 Å². The smallest absolute Gasteiger partial charge is 0.252 e. The minimum atomic E-state index is -0.133. The van der Waals surface area contributed by atoms with E-state index in [4.69, 9.17) is 0 Å². The van der Waals surface area contributed by atoms with Gasteiger partial charge < -0.3 is 19.6 Å². The first-order valence-corrected chi connectivity index (χ1v) is 37.5. The maximum atomic E-state index is 2.79. The molecule has 0 N–H and O–H groups in total. The van der Waals surface area contributed by atoms with Crippen LogP contribution < -0.4 is 68.8 Å². The fraction of sp³-hybridized carbons (Fsp3) is 0.152. The zero-order valence-corrected chi connectivity index (χ0v) is 61.7. The second-order valence-corrected chi connectivity index (χ2v) is 32.2. The normalized spacial score (nSPS) is 13.5. The highest BCUT2D eigenvalue weighted by molar-refractivity contribution is 8.00. The molecule has 9 heteroatoms. The quantitative estimate of drug-likeness (QED) is 0.140. The SMILES string of the molecule is Cc1ccc2c(c1)Sc1cc(N(c3cc(C)c(C)cc3C)c3cc(C)c(C)cc3C)cc3c1B2c1cc2c4c5c1N3c1cc(-c3ccccc3)ccc1B5c1ccc(-c3ccccc3)cc1N4c1cc(N(c3cc(C)c(C)cc3C)c3cc(C)c(C)cc3C)cc3c1B2c1ccc(C)cc1S3. The van der Waals surface area contributed by atoms with Crippen LogP contribution in [0.3, 0.4) is 0 Å². The summed E-state index contributed by atoms with van der Waals surface area (Å²) < 4.78 is 0. The Balaban J connectivity index is 0.969. The van der Waals surface area contributed by atoms with E-state index in [0.29, 0.717) is 0 Å². The molecule has 486 valence electrons. The van der Waals surface area contributed by atoms with Crippen molar-refractivity contribution in [1.82, 2.24) is 0 Å². The molecule has 0 aliphatic carbocycles. The largest absolute Gasteiger partial charge is 0.312 e. The van der Waals surface area contributed by atoms with Crippen molar-refractivity contribution in [1.29, 1.82) is 0 Å². The van der Waals surface area contributed by atoms with E-state index in [-0.39, 0.29) is 20.1 Å². The van der Waals surface area contributed by atoms with Gasteiger partial charge in [-0.1, -0.05) is 185 Å². The van der Waals surface area contributed by atoms with Crippen molar-refractivity contribution < 1.29 is 0 Å². The van der Waals surface area contributed by atoms with E-state index in [2.05, 4.69) is 329 Å². The summed E-state index contributed by atoms with van der Waals surface area (Å²) in [5.41, 5.74) is 49.5. The van der Waals surface area contributed by atoms with Crippen LogP contribution in [0.4, 0.5) is 68.2 Å². The van der Waals surface area contributed by atoms with Crippen molar-refractivity contribution in [3.63, 3.8) is 0 Å². The molecule has 6 heterocycles. The molecule has 0 radical (unpaired) electrons. The first kappa shape index (κ1) is 62.0.